The van der Waals surface area contributed by atoms with Gasteiger partial charge in [0.25, 0.3) is 0 Å². The van der Waals surface area contributed by atoms with Crippen molar-refractivity contribution < 1.29 is 9.84 Å². The summed E-state index contributed by atoms with van der Waals surface area (Å²) < 4.78 is 8.96. The maximum atomic E-state index is 13.0. The van der Waals surface area contributed by atoms with Gasteiger partial charge in [-0.15, -0.1) is 0 Å². The van der Waals surface area contributed by atoms with Crippen LogP contribution in [0.2, 0.25) is 0 Å². The summed E-state index contributed by atoms with van der Waals surface area (Å²) in [6.07, 6.45) is 1.50. The normalized spacial score (nSPS) is 11.3. The van der Waals surface area contributed by atoms with Crippen LogP contribution in [0.25, 0.3) is 22.2 Å². The fourth-order valence-electron chi connectivity index (χ4n) is 2.86. The summed E-state index contributed by atoms with van der Waals surface area (Å²) in [6.45, 7) is 2.47. The molecule has 25 heavy (non-hydrogen) atoms. The fraction of sp³-hybridized carbons (Fsp3) is 0.111. The molecule has 0 bridgehead atoms. The maximum Gasteiger partial charge on any atom is 0.340 e. The van der Waals surface area contributed by atoms with Crippen LogP contribution >= 0.6 is 15.9 Å². The van der Waals surface area contributed by atoms with Crippen LogP contribution in [0.4, 0.5) is 0 Å². The smallest absolute Gasteiger partial charge is 0.340 e. The zero-order valence-electron chi connectivity index (χ0n) is 13.3. The van der Waals surface area contributed by atoms with E-state index >= 15 is 0 Å². The summed E-state index contributed by atoms with van der Waals surface area (Å²) in [6, 6.07) is 12.5. The summed E-state index contributed by atoms with van der Waals surface area (Å²) in [4.78, 5) is 17.3. The van der Waals surface area contributed by atoms with E-state index in [1.54, 1.807) is 30.3 Å². The highest BCUT2D eigenvalue weighted by Gasteiger charge is 2.17. The van der Waals surface area contributed by atoms with E-state index in [9.17, 15) is 9.90 Å². The van der Waals surface area contributed by atoms with Crippen molar-refractivity contribution >= 4 is 32.5 Å². The van der Waals surface area contributed by atoms with E-state index in [-0.39, 0.29) is 11.6 Å². The topological polar surface area (TPSA) is 68.8 Å². The highest BCUT2D eigenvalue weighted by atomic mass is 79.9. The molecule has 0 fully saturated rings. The van der Waals surface area contributed by atoms with E-state index in [0.717, 1.165) is 4.47 Å². The van der Waals surface area contributed by atoms with Crippen LogP contribution in [-0.2, 0) is 0 Å². The van der Waals surface area contributed by atoms with Crippen LogP contribution < -0.4 is 10.4 Å². The van der Waals surface area contributed by atoms with Gasteiger partial charge >= 0.3 is 5.69 Å². The molecule has 0 aliphatic rings. The Morgan fingerprint density at radius 2 is 1.92 bits per heavy atom. The van der Waals surface area contributed by atoms with E-state index in [4.69, 9.17) is 4.74 Å². The van der Waals surface area contributed by atoms with Crippen molar-refractivity contribution in [2.24, 2.45) is 0 Å². The third-order valence-corrected chi connectivity index (χ3v) is 4.47. The Labute approximate surface area is 151 Å². The zero-order valence-corrected chi connectivity index (χ0v) is 14.9. The molecule has 2 heterocycles. The quantitative estimate of drug-likeness (QED) is 0.572. The number of hydrogen-bond donors (Lipinski definition) is 1. The van der Waals surface area contributed by atoms with Crippen molar-refractivity contribution in [2.45, 2.75) is 6.92 Å². The fourth-order valence-corrected chi connectivity index (χ4v) is 3.21. The first-order valence-corrected chi connectivity index (χ1v) is 8.53. The Balaban J connectivity index is 2.00. The number of hydrogen-bond acceptors (Lipinski definition) is 4. The van der Waals surface area contributed by atoms with Gasteiger partial charge in [0.1, 0.15) is 11.3 Å². The highest BCUT2D eigenvalue weighted by molar-refractivity contribution is 9.10. The molecular weight excluding hydrogens is 386 g/mol. The summed E-state index contributed by atoms with van der Waals surface area (Å²) >= 11 is 3.41. The minimum atomic E-state index is -0.359. The predicted octanol–water partition coefficient (Wildman–Crippen LogP) is 3.51. The molecule has 6 nitrogen and oxygen atoms in total. The monoisotopic (exact) mass is 399 g/mol. The van der Waals surface area contributed by atoms with Crippen molar-refractivity contribution in [3.05, 3.63) is 63.6 Å². The molecule has 0 unspecified atom stereocenters. The van der Waals surface area contributed by atoms with Crippen LogP contribution in [0.3, 0.4) is 0 Å². The third kappa shape index (κ3) is 2.47. The predicted molar refractivity (Wildman–Crippen MR) is 98.8 cm³/mol. The molecule has 0 aliphatic heterocycles. The first kappa shape index (κ1) is 15.7. The van der Waals surface area contributed by atoms with E-state index in [1.165, 1.54) is 15.2 Å². The Bertz CT molecular complexity index is 1150. The van der Waals surface area contributed by atoms with Gasteiger partial charge in [-0.05, 0) is 49.4 Å². The lowest BCUT2D eigenvalue weighted by molar-refractivity contribution is 0.340. The molecule has 1 N–H and O–H groups in total. The van der Waals surface area contributed by atoms with E-state index in [0.29, 0.717) is 34.6 Å². The number of imidazole rings is 1. The molecule has 0 atom stereocenters. The van der Waals surface area contributed by atoms with Crippen molar-refractivity contribution in [2.75, 3.05) is 6.61 Å². The summed E-state index contributed by atoms with van der Waals surface area (Å²) in [5.74, 6) is 0.558. The van der Waals surface area contributed by atoms with E-state index < -0.39 is 0 Å². The van der Waals surface area contributed by atoms with Gasteiger partial charge < -0.3 is 9.84 Å². The molecule has 126 valence electrons. The minimum absolute atomic E-state index is 0.150. The molecule has 4 rings (SSSR count). The second kappa shape index (κ2) is 5.93. The number of halogens is 1. The number of aromatic hydroxyl groups is 1. The van der Waals surface area contributed by atoms with Gasteiger partial charge in [-0.1, -0.05) is 15.9 Å². The molecule has 0 spiro atoms. The van der Waals surface area contributed by atoms with Crippen molar-refractivity contribution in [3.8, 4) is 17.3 Å². The second-order valence-electron chi connectivity index (χ2n) is 5.48. The summed E-state index contributed by atoms with van der Waals surface area (Å²) in [5, 5.41) is 10.6. The number of benzene rings is 2. The lowest BCUT2D eigenvalue weighted by Crippen LogP contribution is -2.19. The number of ether oxygens (including phenoxy) is 1. The molecule has 0 saturated heterocycles. The standard InChI is InChI=1S/C18H14BrN3O3/c1-2-25-13-6-4-12(5-7-13)21-17(23)16-10-20-14-8-3-11(19)9-15(14)22(16)18(21)24/h3-10,23H,2H2,1H3. The second-order valence-corrected chi connectivity index (χ2v) is 6.40. The van der Waals surface area contributed by atoms with Crippen LogP contribution in [-0.4, -0.2) is 25.7 Å². The van der Waals surface area contributed by atoms with Gasteiger partial charge in [0.15, 0.2) is 0 Å². The van der Waals surface area contributed by atoms with Crippen molar-refractivity contribution in [1.29, 1.82) is 0 Å². The maximum absolute atomic E-state index is 13.0. The largest absolute Gasteiger partial charge is 0.494 e. The zero-order chi connectivity index (χ0) is 17.6. The van der Waals surface area contributed by atoms with E-state index in [1.807, 2.05) is 19.1 Å². The van der Waals surface area contributed by atoms with Crippen molar-refractivity contribution in [3.63, 3.8) is 0 Å². The van der Waals surface area contributed by atoms with E-state index in [2.05, 4.69) is 20.9 Å². The van der Waals surface area contributed by atoms with Crippen LogP contribution in [0.1, 0.15) is 6.92 Å². The molecule has 4 aromatic rings. The molecule has 7 heteroatoms. The van der Waals surface area contributed by atoms with Gasteiger partial charge in [-0.3, -0.25) is 9.38 Å². The Kier molecular flexibility index (Phi) is 3.73. The van der Waals surface area contributed by atoms with Gasteiger partial charge in [0.05, 0.1) is 29.5 Å². The molecule has 0 amide bonds. The molecule has 2 aromatic heterocycles. The number of aromatic nitrogens is 3. The van der Waals surface area contributed by atoms with Crippen LogP contribution in [0, 0.1) is 0 Å². The molecular formula is C18H14BrN3O3. The number of rotatable bonds is 3. The Morgan fingerprint density at radius 1 is 1.16 bits per heavy atom. The molecule has 2 aromatic carbocycles. The van der Waals surface area contributed by atoms with Crippen LogP contribution in [0.15, 0.2) is 57.9 Å². The lowest BCUT2D eigenvalue weighted by Gasteiger charge is -2.05. The molecule has 0 radical (unpaired) electrons. The number of fused-ring (bicyclic) bond motifs is 3. The van der Waals surface area contributed by atoms with Gasteiger partial charge in [-0.2, -0.15) is 0 Å². The Morgan fingerprint density at radius 3 is 2.64 bits per heavy atom. The first-order chi connectivity index (χ1) is 12.1. The van der Waals surface area contributed by atoms with Gasteiger partial charge in [0.2, 0.25) is 5.88 Å². The average molecular weight is 400 g/mol. The first-order valence-electron chi connectivity index (χ1n) is 7.74. The van der Waals surface area contributed by atoms with Crippen LogP contribution in [0.5, 0.6) is 11.6 Å². The summed E-state index contributed by atoms with van der Waals surface area (Å²) in [7, 11) is 0. The lowest BCUT2D eigenvalue weighted by atomic mass is 10.3. The SMILES string of the molecule is CCOc1ccc(-n2c(O)c3cnc4ccc(Br)cc4n3c2=O)cc1. The average Bonchev–Trinajstić information content (AvgIpc) is 2.87. The molecule has 0 saturated carbocycles. The van der Waals surface area contributed by atoms with Gasteiger partial charge in [-0.25, -0.2) is 9.36 Å². The van der Waals surface area contributed by atoms with Crippen molar-refractivity contribution in [1.82, 2.24) is 14.0 Å². The third-order valence-electron chi connectivity index (χ3n) is 3.97. The van der Waals surface area contributed by atoms with Gasteiger partial charge in [0, 0.05) is 4.47 Å². The summed E-state index contributed by atoms with van der Waals surface area (Å²) in [5.41, 5.74) is 1.84. The highest BCUT2D eigenvalue weighted by Crippen LogP contribution is 2.26. The number of nitrogens with zero attached hydrogens (tertiary/aromatic N) is 3. The Hall–Kier alpha value is -2.80. The molecule has 0 aliphatic carbocycles. The minimum Gasteiger partial charge on any atom is -0.494 e.